The standard InChI is InChI=1S/C23H26Cl3N3O3.C6H5Cl/c1-23(2,3)32-22(31)27-20(15-4-6-16(24)7-5-15)21(30)29-12-10-28(11-13-29)19-9-8-17(25)14-18(19)26;7-6-4-2-1-3-5-6/h4-9,14,20H,10-13H2,1-3H3,(H,27,31);1-5H. The molecule has 1 aliphatic rings. The number of benzene rings is 3. The maximum Gasteiger partial charge on any atom is 0.408 e. The molecule has 2 amide bonds. The number of anilines is 1. The zero-order chi connectivity index (χ0) is 28.6. The fraction of sp³-hybridized carbons (Fsp3) is 0.310. The van der Waals surface area contributed by atoms with Crippen LogP contribution >= 0.6 is 46.4 Å². The first-order valence-corrected chi connectivity index (χ1v) is 13.9. The van der Waals surface area contributed by atoms with Crippen LogP contribution in [0.2, 0.25) is 20.1 Å². The Bertz CT molecular complexity index is 1240. The molecule has 0 radical (unpaired) electrons. The summed E-state index contributed by atoms with van der Waals surface area (Å²) in [6.07, 6.45) is -0.655. The van der Waals surface area contributed by atoms with Gasteiger partial charge in [0.15, 0.2) is 0 Å². The molecule has 1 unspecified atom stereocenters. The van der Waals surface area contributed by atoms with Crippen LogP contribution in [0.3, 0.4) is 0 Å². The number of hydrogen-bond acceptors (Lipinski definition) is 4. The van der Waals surface area contributed by atoms with Crippen LogP contribution in [-0.4, -0.2) is 48.7 Å². The third-order valence-corrected chi connectivity index (χ3v) is 6.73. The maximum atomic E-state index is 13.4. The molecule has 0 spiro atoms. The van der Waals surface area contributed by atoms with Gasteiger partial charge in [-0.3, -0.25) is 4.79 Å². The molecular weight excluding hydrogens is 580 g/mol. The number of ether oxygens (including phenoxy) is 1. The van der Waals surface area contributed by atoms with Gasteiger partial charge in [0, 0.05) is 41.2 Å². The lowest BCUT2D eigenvalue weighted by Crippen LogP contribution is -2.52. The summed E-state index contributed by atoms with van der Waals surface area (Å²) in [4.78, 5) is 29.7. The fourth-order valence-electron chi connectivity index (χ4n) is 3.87. The summed E-state index contributed by atoms with van der Waals surface area (Å²) < 4.78 is 5.37. The van der Waals surface area contributed by atoms with Crippen molar-refractivity contribution < 1.29 is 14.3 Å². The maximum absolute atomic E-state index is 13.4. The molecule has 1 heterocycles. The summed E-state index contributed by atoms with van der Waals surface area (Å²) in [5.41, 5.74) is 0.832. The molecule has 3 aromatic rings. The lowest BCUT2D eigenvalue weighted by atomic mass is 10.1. The Balaban J connectivity index is 0.000000520. The highest BCUT2D eigenvalue weighted by atomic mass is 35.5. The van der Waals surface area contributed by atoms with E-state index in [-0.39, 0.29) is 5.91 Å². The van der Waals surface area contributed by atoms with Gasteiger partial charge in [-0.1, -0.05) is 76.7 Å². The zero-order valence-corrected chi connectivity index (χ0v) is 25.0. The van der Waals surface area contributed by atoms with Gasteiger partial charge < -0.3 is 19.9 Å². The molecule has 10 heteroatoms. The van der Waals surface area contributed by atoms with E-state index in [9.17, 15) is 9.59 Å². The Morgan fingerprint density at radius 2 is 1.36 bits per heavy atom. The lowest BCUT2D eigenvalue weighted by molar-refractivity contribution is -0.134. The first kappa shape index (κ1) is 30.9. The average molecular weight is 611 g/mol. The van der Waals surface area contributed by atoms with Crippen molar-refractivity contribution in [1.29, 1.82) is 0 Å². The number of nitrogens with one attached hydrogen (secondary N) is 1. The topological polar surface area (TPSA) is 61.9 Å². The molecule has 4 rings (SSSR count). The van der Waals surface area contributed by atoms with Gasteiger partial charge >= 0.3 is 6.09 Å². The van der Waals surface area contributed by atoms with E-state index >= 15 is 0 Å². The minimum atomic E-state index is -0.882. The van der Waals surface area contributed by atoms with Crippen molar-refractivity contribution in [1.82, 2.24) is 10.2 Å². The van der Waals surface area contributed by atoms with Crippen molar-refractivity contribution in [3.8, 4) is 0 Å². The van der Waals surface area contributed by atoms with Crippen LogP contribution in [0.4, 0.5) is 10.5 Å². The van der Waals surface area contributed by atoms with Crippen LogP contribution in [0.15, 0.2) is 72.8 Å². The Morgan fingerprint density at radius 3 is 1.87 bits per heavy atom. The van der Waals surface area contributed by atoms with E-state index in [4.69, 9.17) is 51.1 Å². The van der Waals surface area contributed by atoms with Crippen LogP contribution in [0.25, 0.3) is 0 Å². The van der Waals surface area contributed by atoms with Gasteiger partial charge in [-0.2, -0.15) is 0 Å². The van der Waals surface area contributed by atoms with Gasteiger partial charge in [0.2, 0.25) is 5.91 Å². The molecule has 1 aliphatic heterocycles. The molecular formula is C29H31Cl4N3O3. The first-order valence-electron chi connectivity index (χ1n) is 12.4. The molecule has 6 nitrogen and oxygen atoms in total. The van der Waals surface area contributed by atoms with Gasteiger partial charge in [0.1, 0.15) is 11.6 Å². The second kappa shape index (κ2) is 14.1. The van der Waals surface area contributed by atoms with E-state index in [2.05, 4.69) is 10.2 Å². The molecule has 39 heavy (non-hydrogen) atoms. The Kier molecular flexibility index (Phi) is 11.2. The molecule has 0 aliphatic carbocycles. The summed E-state index contributed by atoms with van der Waals surface area (Å²) in [6.45, 7) is 7.49. The molecule has 1 fully saturated rings. The minimum absolute atomic E-state index is 0.208. The summed E-state index contributed by atoms with van der Waals surface area (Å²) in [7, 11) is 0. The Morgan fingerprint density at radius 1 is 0.795 bits per heavy atom. The molecule has 3 aromatic carbocycles. The predicted molar refractivity (Wildman–Crippen MR) is 160 cm³/mol. The van der Waals surface area contributed by atoms with E-state index in [1.165, 1.54) is 0 Å². The van der Waals surface area contributed by atoms with Crippen molar-refractivity contribution in [2.24, 2.45) is 0 Å². The minimum Gasteiger partial charge on any atom is -0.444 e. The van der Waals surface area contributed by atoms with Crippen LogP contribution < -0.4 is 10.2 Å². The number of rotatable bonds is 4. The third-order valence-electron chi connectivity index (χ3n) is 5.69. The molecule has 0 saturated carbocycles. The monoisotopic (exact) mass is 609 g/mol. The van der Waals surface area contributed by atoms with E-state index in [1.807, 2.05) is 36.4 Å². The van der Waals surface area contributed by atoms with Gasteiger partial charge in [-0.15, -0.1) is 0 Å². The molecule has 0 bridgehead atoms. The van der Waals surface area contributed by atoms with Gasteiger partial charge in [-0.25, -0.2) is 4.79 Å². The predicted octanol–water partition coefficient (Wildman–Crippen LogP) is 7.90. The van der Waals surface area contributed by atoms with E-state index in [1.54, 1.807) is 62.1 Å². The largest absolute Gasteiger partial charge is 0.444 e. The highest BCUT2D eigenvalue weighted by molar-refractivity contribution is 6.36. The van der Waals surface area contributed by atoms with Gasteiger partial charge in [-0.05, 0) is 68.8 Å². The number of carbonyl (C=O) groups excluding carboxylic acids is 2. The van der Waals surface area contributed by atoms with Crippen molar-refractivity contribution >= 4 is 64.1 Å². The summed E-state index contributed by atoms with van der Waals surface area (Å²) in [5, 5.41) is 5.21. The van der Waals surface area contributed by atoms with Crippen molar-refractivity contribution in [3.63, 3.8) is 0 Å². The Labute approximate surface area is 249 Å². The average Bonchev–Trinajstić information content (AvgIpc) is 2.87. The van der Waals surface area contributed by atoms with Gasteiger partial charge in [0.05, 0.1) is 10.7 Å². The first-order chi connectivity index (χ1) is 18.4. The Hall–Kier alpha value is -2.64. The van der Waals surface area contributed by atoms with Gasteiger partial charge in [0.25, 0.3) is 0 Å². The second-order valence-corrected chi connectivity index (χ2v) is 11.6. The third kappa shape index (κ3) is 9.80. The van der Waals surface area contributed by atoms with Crippen LogP contribution in [0.5, 0.6) is 0 Å². The van der Waals surface area contributed by atoms with Crippen LogP contribution in [0, 0.1) is 0 Å². The molecule has 0 aromatic heterocycles. The lowest BCUT2D eigenvalue weighted by Gasteiger charge is -2.38. The molecule has 1 N–H and O–H groups in total. The van der Waals surface area contributed by atoms with Crippen LogP contribution in [-0.2, 0) is 9.53 Å². The van der Waals surface area contributed by atoms with Crippen molar-refractivity contribution in [3.05, 3.63) is 98.5 Å². The van der Waals surface area contributed by atoms with E-state index < -0.39 is 17.7 Å². The number of hydrogen-bond donors (Lipinski definition) is 1. The summed E-state index contributed by atoms with van der Waals surface area (Å²) >= 11 is 23.9. The second-order valence-electron chi connectivity index (χ2n) is 9.83. The normalized spacial score (nSPS) is 14.1. The van der Waals surface area contributed by atoms with Crippen molar-refractivity contribution in [2.45, 2.75) is 32.4 Å². The number of halogens is 4. The van der Waals surface area contributed by atoms with Crippen molar-refractivity contribution in [2.75, 3.05) is 31.1 Å². The number of piperazine rings is 1. The number of amides is 2. The highest BCUT2D eigenvalue weighted by Gasteiger charge is 2.31. The number of nitrogens with zero attached hydrogens (tertiary/aromatic N) is 2. The zero-order valence-electron chi connectivity index (χ0n) is 22.0. The quantitative estimate of drug-likeness (QED) is 0.326. The van der Waals surface area contributed by atoms with E-state index in [0.717, 1.165) is 10.7 Å². The van der Waals surface area contributed by atoms with Crippen LogP contribution in [0.1, 0.15) is 32.4 Å². The smallest absolute Gasteiger partial charge is 0.408 e. The molecule has 1 saturated heterocycles. The SMILES string of the molecule is CC(C)(C)OC(=O)NC(C(=O)N1CCN(c2ccc(Cl)cc2Cl)CC1)c1ccc(Cl)cc1.Clc1ccccc1. The number of carbonyl (C=O) groups is 2. The summed E-state index contributed by atoms with van der Waals surface area (Å²) in [6, 6.07) is 20.8. The molecule has 208 valence electrons. The van der Waals surface area contributed by atoms with E-state index in [0.29, 0.717) is 46.8 Å². The number of alkyl carbamates (subject to hydrolysis) is 1. The highest BCUT2D eigenvalue weighted by Crippen LogP contribution is 2.30. The molecule has 1 atom stereocenters. The fourth-order valence-corrected chi connectivity index (χ4v) is 4.67. The summed E-state index contributed by atoms with van der Waals surface area (Å²) in [5.74, 6) is -0.208.